The van der Waals surface area contributed by atoms with Crippen LogP contribution in [0.25, 0.3) is 0 Å². The maximum absolute atomic E-state index is 11.2. The Morgan fingerprint density at radius 3 is 2.60 bits per heavy atom. The SMILES string of the molecule is CNS(=O)(=O)CCNC(=O)C(N)COC. The van der Waals surface area contributed by atoms with E-state index in [0.717, 1.165) is 0 Å². The molecule has 0 bridgehead atoms. The van der Waals surface area contributed by atoms with Gasteiger partial charge in [-0.2, -0.15) is 0 Å². The van der Waals surface area contributed by atoms with Crippen LogP contribution in [0.15, 0.2) is 0 Å². The van der Waals surface area contributed by atoms with Gasteiger partial charge in [0.15, 0.2) is 0 Å². The number of carbonyl (C=O) groups is 1. The largest absolute Gasteiger partial charge is 0.383 e. The lowest BCUT2D eigenvalue weighted by Crippen LogP contribution is -2.45. The molecule has 0 aromatic rings. The number of amides is 1. The summed E-state index contributed by atoms with van der Waals surface area (Å²) < 4.78 is 28.7. The highest BCUT2D eigenvalue weighted by molar-refractivity contribution is 7.89. The maximum atomic E-state index is 11.2. The van der Waals surface area contributed by atoms with Crippen molar-refractivity contribution in [2.45, 2.75) is 6.04 Å². The molecule has 1 unspecified atom stereocenters. The number of nitrogens with one attached hydrogen (secondary N) is 2. The number of methoxy groups -OCH3 is 1. The topological polar surface area (TPSA) is 111 Å². The smallest absolute Gasteiger partial charge is 0.239 e. The lowest BCUT2D eigenvalue weighted by atomic mass is 10.3. The Balaban J connectivity index is 3.82. The van der Waals surface area contributed by atoms with Crippen molar-refractivity contribution in [3.63, 3.8) is 0 Å². The first-order valence-corrected chi connectivity index (χ1v) is 6.01. The number of carbonyl (C=O) groups excluding carboxylic acids is 1. The molecule has 7 nitrogen and oxygen atoms in total. The molecule has 8 heteroatoms. The molecule has 0 spiro atoms. The van der Waals surface area contributed by atoms with E-state index in [-0.39, 0.29) is 18.9 Å². The van der Waals surface area contributed by atoms with E-state index in [1.165, 1.54) is 14.2 Å². The molecule has 0 radical (unpaired) electrons. The second kappa shape index (κ2) is 6.72. The molecular formula is C7H17N3O4S. The lowest BCUT2D eigenvalue weighted by molar-refractivity contribution is -0.123. The minimum Gasteiger partial charge on any atom is -0.383 e. The lowest BCUT2D eigenvalue weighted by Gasteiger charge is -2.10. The Hall–Kier alpha value is -0.700. The first-order chi connectivity index (χ1) is 6.93. The third-order valence-electron chi connectivity index (χ3n) is 1.66. The predicted octanol–water partition coefficient (Wildman–Crippen LogP) is -2.37. The summed E-state index contributed by atoms with van der Waals surface area (Å²) in [5.41, 5.74) is 5.41. The van der Waals surface area contributed by atoms with Crippen LogP contribution >= 0.6 is 0 Å². The Labute approximate surface area is 89.4 Å². The minimum absolute atomic E-state index is 0.0272. The molecule has 0 heterocycles. The van der Waals surface area contributed by atoms with Crippen LogP contribution in [0.4, 0.5) is 0 Å². The zero-order valence-corrected chi connectivity index (χ0v) is 9.63. The highest BCUT2D eigenvalue weighted by Gasteiger charge is 2.13. The third-order valence-corrected chi connectivity index (χ3v) is 3.03. The summed E-state index contributed by atoms with van der Waals surface area (Å²) in [6, 6.07) is -0.771. The summed E-state index contributed by atoms with van der Waals surface area (Å²) in [4.78, 5) is 11.2. The van der Waals surface area contributed by atoms with E-state index in [0.29, 0.717) is 0 Å². The molecule has 0 aromatic heterocycles. The van der Waals surface area contributed by atoms with Gasteiger partial charge in [0.2, 0.25) is 15.9 Å². The zero-order valence-electron chi connectivity index (χ0n) is 8.82. The van der Waals surface area contributed by atoms with Gasteiger partial charge in [-0.05, 0) is 7.05 Å². The first kappa shape index (κ1) is 14.3. The van der Waals surface area contributed by atoms with Crippen LogP contribution in [0, 0.1) is 0 Å². The summed E-state index contributed by atoms with van der Waals surface area (Å²) in [5, 5.41) is 2.39. The Kier molecular flexibility index (Phi) is 6.41. The van der Waals surface area contributed by atoms with E-state index in [1.807, 2.05) is 0 Å². The van der Waals surface area contributed by atoms with Crippen molar-refractivity contribution in [1.29, 1.82) is 0 Å². The maximum Gasteiger partial charge on any atom is 0.239 e. The van der Waals surface area contributed by atoms with Gasteiger partial charge in [-0.25, -0.2) is 13.1 Å². The molecule has 0 fully saturated rings. The van der Waals surface area contributed by atoms with E-state index in [9.17, 15) is 13.2 Å². The highest BCUT2D eigenvalue weighted by atomic mass is 32.2. The molecule has 0 aromatic carbocycles. The summed E-state index contributed by atoms with van der Waals surface area (Å²) >= 11 is 0. The fourth-order valence-electron chi connectivity index (χ4n) is 0.797. The average Bonchev–Trinajstić information content (AvgIpc) is 2.18. The normalized spacial score (nSPS) is 13.5. The summed E-state index contributed by atoms with van der Waals surface area (Å²) in [6.45, 7) is 0.129. The van der Waals surface area contributed by atoms with Gasteiger partial charge in [0.25, 0.3) is 0 Å². The van der Waals surface area contributed by atoms with E-state index in [4.69, 9.17) is 5.73 Å². The molecule has 0 aliphatic rings. The van der Waals surface area contributed by atoms with Crippen LogP contribution in [0.2, 0.25) is 0 Å². The Morgan fingerprint density at radius 1 is 1.53 bits per heavy atom. The highest BCUT2D eigenvalue weighted by Crippen LogP contribution is 1.83. The summed E-state index contributed by atoms with van der Waals surface area (Å²) in [7, 11) is -0.547. The number of hydrogen-bond donors (Lipinski definition) is 3. The number of sulfonamides is 1. The van der Waals surface area contributed by atoms with Crippen LogP contribution in [0.1, 0.15) is 0 Å². The molecule has 15 heavy (non-hydrogen) atoms. The molecular weight excluding hydrogens is 222 g/mol. The molecule has 0 saturated carbocycles. The van der Waals surface area contributed by atoms with Crippen molar-refractivity contribution >= 4 is 15.9 Å². The Bertz CT molecular complexity index is 291. The van der Waals surface area contributed by atoms with E-state index < -0.39 is 22.0 Å². The van der Waals surface area contributed by atoms with E-state index in [1.54, 1.807) is 0 Å². The van der Waals surface area contributed by atoms with Crippen molar-refractivity contribution in [3.05, 3.63) is 0 Å². The molecule has 0 rings (SSSR count). The van der Waals surface area contributed by atoms with Crippen LogP contribution in [-0.4, -0.2) is 53.4 Å². The van der Waals surface area contributed by atoms with Crippen molar-refractivity contribution in [3.8, 4) is 0 Å². The van der Waals surface area contributed by atoms with Gasteiger partial charge in [-0.15, -0.1) is 0 Å². The van der Waals surface area contributed by atoms with Crippen molar-refractivity contribution in [2.75, 3.05) is 33.1 Å². The van der Waals surface area contributed by atoms with E-state index >= 15 is 0 Å². The van der Waals surface area contributed by atoms with Crippen LogP contribution in [0.3, 0.4) is 0 Å². The molecule has 0 aliphatic carbocycles. The zero-order chi connectivity index (χ0) is 11.9. The number of nitrogens with two attached hydrogens (primary N) is 1. The predicted molar refractivity (Wildman–Crippen MR) is 55.7 cm³/mol. The first-order valence-electron chi connectivity index (χ1n) is 4.36. The van der Waals surface area contributed by atoms with Gasteiger partial charge in [-0.3, -0.25) is 4.79 Å². The minimum atomic E-state index is -3.29. The number of ether oxygens (including phenoxy) is 1. The van der Waals surface area contributed by atoms with Crippen molar-refractivity contribution in [2.24, 2.45) is 5.73 Å². The molecule has 90 valence electrons. The third kappa shape index (κ3) is 6.39. The van der Waals surface area contributed by atoms with Gasteiger partial charge >= 0.3 is 0 Å². The molecule has 1 amide bonds. The van der Waals surface area contributed by atoms with Crippen molar-refractivity contribution < 1.29 is 17.9 Å². The van der Waals surface area contributed by atoms with Crippen LogP contribution < -0.4 is 15.8 Å². The van der Waals surface area contributed by atoms with E-state index in [2.05, 4.69) is 14.8 Å². The molecule has 4 N–H and O–H groups in total. The molecule has 1 atom stereocenters. The van der Waals surface area contributed by atoms with Gasteiger partial charge < -0.3 is 15.8 Å². The van der Waals surface area contributed by atoms with Gasteiger partial charge in [0.05, 0.1) is 12.4 Å². The quantitative estimate of drug-likeness (QED) is 0.460. The van der Waals surface area contributed by atoms with Crippen molar-refractivity contribution in [1.82, 2.24) is 10.0 Å². The van der Waals surface area contributed by atoms with Gasteiger partial charge in [-0.1, -0.05) is 0 Å². The van der Waals surface area contributed by atoms with Gasteiger partial charge in [0, 0.05) is 13.7 Å². The molecule has 0 saturated heterocycles. The monoisotopic (exact) mass is 239 g/mol. The molecule has 0 aliphatic heterocycles. The fraction of sp³-hybridized carbons (Fsp3) is 0.857. The fourth-order valence-corrected chi connectivity index (χ4v) is 1.37. The second-order valence-electron chi connectivity index (χ2n) is 2.88. The standard InChI is InChI=1S/C7H17N3O4S/c1-9-15(12,13)4-3-10-7(11)6(8)5-14-2/h6,9H,3-5,8H2,1-2H3,(H,10,11). The van der Waals surface area contributed by atoms with Crippen LogP contribution in [-0.2, 0) is 19.6 Å². The number of rotatable bonds is 7. The Morgan fingerprint density at radius 2 is 2.13 bits per heavy atom. The summed E-state index contributed by atoms with van der Waals surface area (Å²) in [6.07, 6.45) is 0. The number of hydrogen-bond acceptors (Lipinski definition) is 5. The second-order valence-corrected chi connectivity index (χ2v) is 4.92. The summed E-state index contributed by atoms with van der Waals surface area (Å²) in [5.74, 6) is -0.599. The van der Waals surface area contributed by atoms with Crippen LogP contribution in [0.5, 0.6) is 0 Å². The average molecular weight is 239 g/mol. The van der Waals surface area contributed by atoms with Gasteiger partial charge in [0.1, 0.15) is 6.04 Å².